The van der Waals surface area contributed by atoms with Crippen LogP contribution in [-0.2, 0) is 9.53 Å². The van der Waals surface area contributed by atoms with Gasteiger partial charge in [0, 0.05) is 6.54 Å². The third kappa shape index (κ3) is 2.16. The van der Waals surface area contributed by atoms with Crippen LogP contribution in [0.1, 0.15) is 12.8 Å². The standard InChI is InChI=1S/C11H15F2NO4/c1-3-4-11(9(12)13)5-6-14(10(16)17)7(11)8(15)18-2/h3,7,9H,1,4-6H2,2H3,(H,16,17). The molecular formula is C11H15F2NO4. The summed E-state index contributed by atoms with van der Waals surface area (Å²) in [5, 5.41) is 8.96. The van der Waals surface area contributed by atoms with Gasteiger partial charge < -0.3 is 9.84 Å². The molecule has 1 fully saturated rings. The molecule has 0 aromatic carbocycles. The van der Waals surface area contributed by atoms with E-state index in [4.69, 9.17) is 5.11 Å². The molecule has 102 valence electrons. The van der Waals surface area contributed by atoms with Crippen LogP contribution in [0.4, 0.5) is 13.6 Å². The number of halogens is 2. The molecule has 0 aromatic heterocycles. The molecule has 1 heterocycles. The van der Waals surface area contributed by atoms with Gasteiger partial charge in [-0.15, -0.1) is 6.58 Å². The van der Waals surface area contributed by atoms with E-state index in [-0.39, 0.29) is 19.4 Å². The van der Waals surface area contributed by atoms with Crippen LogP contribution in [0.2, 0.25) is 0 Å². The molecule has 1 rings (SSSR count). The summed E-state index contributed by atoms with van der Waals surface area (Å²) in [5.41, 5.74) is -1.74. The number of nitrogens with zero attached hydrogens (tertiary/aromatic N) is 1. The van der Waals surface area contributed by atoms with Crippen LogP contribution in [-0.4, -0.2) is 48.2 Å². The smallest absolute Gasteiger partial charge is 0.408 e. The SMILES string of the molecule is C=CCC1(C(F)F)CCN(C(=O)O)C1C(=O)OC. The van der Waals surface area contributed by atoms with Gasteiger partial charge in [-0.2, -0.15) is 0 Å². The van der Waals surface area contributed by atoms with E-state index in [2.05, 4.69) is 11.3 Å². The predicted molar refractivity (Wildman–Crippen MR) is 58.4 cm³/mol. The van der Waals surface area contributed by atoms with Crippen LogP contribution in [0.5, 0.6) is 0 Å². The molecule has 7 heteroatoms. The van der Waals surface area contributed by atoms with Crippen LogP contribution in [0.25, 0.3) is 0 Å². The van der Waals surface area contributed by atoms with Crippen molar-refractivity contribution in [1.29, 1.82) is 0 Å². The molecule has 1 saturated heterocycles. The fourth-order valence-electron chi connectivity index (χ4n) is 2.38. The number of esters is 1. The number of methoxy groups -OCH3 is 1. The van der Waals surface area contributed by atoms with Crippen LogP contribution in [0.15, 0.2) is 12.7 Å². The van der Waals surface area contributed by atoms with Gasteiger partial charge in [0.2, 0.25) is 6.43 Å². The van der Waals surface area contributed by atoms with Gasteiger partial charge in [0.1, 0.15) is 6.04 Å². The Bertz CT molecular complexity index is 361. The molecule has 18 heavy (non-hydrogen) atoms. The van der Waals surface area contributed by atoms with E-state index >= 15 is 0 Å². The Balaban J connectivity index is 3.20. The zero-order valence-electron chi connectivity index (χ0n) is 9.94. The highest BCUT2D eigenvalue weighted by Crippen LogP contribution is 2.45. The quantitative estimate of drug-likeness (QED) is 0.619. The van der Waals surface area contributed by atoms with Gasteiger partial charge in [-0.1, -0.05) is 6.08 Å². The molecule has 0 saturated carbocycles. The van der Waals surface area contributed by atoms with Crippen molar-refractivity contribution in [1.82, 2.24) is 4.90 Å². The van der Waals surface area contributed by atoms with E-state index in [0.29, 0.717) is 4.90 Å². The van der Waals surface area contributed by atoms with Gasteiger partial charge in [0.25, 0.3) is 0 Å². The van der Waals surface area contributed by atoms with E-state index in [1.54, 1.807) is 0 Å². The van der Waals surface area contributed by atoms with Crippen LogP contribution < -0.4 is 0 Å². The Morgan fingerprint density at radius 1 is 1.67 bits per heavy atom. The van der Waals surface area contributed by atoms with Crippen LogP contribution in [0, 0.1) is 5.41 Å². The first-order chi connectivity index (χ1) is 8.40. The number of carboxylic acid groups (broad SMARTS) is 1. The van der Waals surface area contributed by atoms with Gasteiger partial charge >= 0.3 is 12.1 Å². The van der Waals surface area contributed by atoms with Crippen molar-refractivity contribution in [2.45, 2.75) is 25.3 Å². The number of likely N-dealkylation sites (tertiary alicyclic amines) is 1. The van der Waals surface area contributed by atoms with Crippen molar-refractivity contribution in [3.63, 3.8) is 0 Å². The second-order valence-corrected chi connectivity index (χ2v) is 4.18. The molecule has 0 spiro atoms. The molecule has 0 bridgehead atoms. The van der Waals surface area contributed by atoms with Crippen molar-refractivity contribution < 1.29 is 28.2 Å². The number of hydrogen-bond acceptors (Lipinski definition) is 3. The van der Waals surface area contributed by atoms with Gasteiger partial charge in [-0.05, 0) is 12.8 Å². The van der Waals surface area contributed by atoms with E-state index in [1.165, 1.54) is 6.08 Å². The third-order valence-corrected chi connectivity index (χ3v) is 3.30. The lowest BCUT2D eigenvalue weighted by molar-refractivity contribution is -0.153. The van der Waals surface area contributed by atoms with E-state index in [0.717, 1.165) is 7.11 Å². The maximum atomic E-state index is 13.3. The molecule has 1 aliphatic heterocycles. The molecule has 0 radical (unpaired) electrons. The lowest BCUT2D eigenvalue weighted by Crippen LogP contribution is -2.51. The van der Waals surface area contributed by atoms with Gasteiger partial charge in [0.15, 0.2) is 0 Å². The normalized spacial score (nSPS) is 27.3. The van der Waals surface area contributed by atoms with Gasteiger partial charge in [0.05, 0.1) is 12.5 Å². The number of hydrogen-bond donors (Lipinski definition) is 1. The molecule has 0 aliphatic carbocycles. The maximum absolute atomic E-state index is 13.3. The molecule has 2 atom stereocenters. The van der Waals surface area contributed by atoms with E-state index in [1.807, 2.05) is 0 Å². The number of ether oxygens (including phenoxy) is 1. The Kier molecular flexibility index (Phi) is 4.26. The van der Waals surface area contributed by atoms with Crippen molar-refractivity contribution in [3.05, 3.63) is 12.7 Å². The average Bonchev–Trinajstić information content (AvgIpc) is 2.69. The van der Waals surface area contributed by atoms with E-state index < -0.39 is 29.9 Å². The summed E-state index contributed by atoms with van der Waals surface area (Å²) in [6, 6.07) is -1.49. The topological polar surface area (TPSA) is 66.8 Å². The van der Waals surface area contributed by atoms with Crippen LogP contribution >= 0.6 is 0 Å². The molecule has 5 nitrogen and oxygen atoms in total. The minimum atomic E-state index is -2.83. The summed E-state index contributed by atoms with van der Waals surface area (Å²) >= 11 is 0. The first-order valence-corrected chi connectivity index (χ1v) is 5.37. The number of alkyl halides is 2. The zero-order chi connectivity index (χ0) is 13.9. The van der Waals surface area contributed by atoms with E-state index in [9.17, 15) is 18.4 Å². The summed E-state index contributed by atoms with van der Waals surface area (Å²) in [6.07, 6.45) is -3.20. The largest absolute Gasteiger partial charge is 0.467 e. The Morgan fingerprint density at radius 2 is 2.28 bits per heavy atom. The van der Waals surface area contributed by atoms with Gasteiger partial charge in [-0.25, -0.2) is 18.4 Å². The number of rotatable bonds is 4. The fourth-order valence-corrected chi connectivity index (χ4v) is 2.38. The lowest BCUT2D eigenvalue weighted by atomic mass is 9.77. The number of carbonyl (C=O) groups is 2. The monoisotopic (exact) mass is 263 g/mol. The van der Waals surface area contributed by atoms with Crippen molar-refractivity contribution in [3.8, 4) is 0 Å². The molecule has 2 unspecified atom stereocenters. The second kappa shape index (κ2) is 5.32. The Labute approximate surface area is 103 Å². The molecular weight excluding hydrogens is 248 g/mol. The minimum absolute atomic E-state index is 0.0945. The fraction of sp³-hybridized carbons (Fsp3) is 0.636. The minimum Gasteiger partial charge on any atom is -0.467 e. The Hall–Kier alpha value is -1.66. The highest BCUT2D eigenvalue weighted by molar-refractivity contribution is 5.82. The summed E-state index contributed by atoms with van der Waals surface area (Å²) < 4.78 is 31.0. The maximum Gasteiger partial charge on any atom is 0.408 e. The molecule has 1 amide bonds. The highest BCUT2D eigenvalue weighted by Gasteiger charge is 2.58. The number of amides is 1. The number of allylic oxidation sites excluding steroid dienone is 1. The second-order valence-electron chi connectivity index (χ2n) is 4.18. The average molecular weight is 263 g/mol. The zero-order valence-corrected chi connectivity index (χ0v) is 9.94. The Morgan fingerprint density at radius 3 is 2.67 bits per heavy atom. The first-order valence-electron chi connectivity index (χ1n) is 5.37. The molecule has 1 N–H and O–H groups in total. The van der Waals surface area contributed by atoms with Crippen molar-refractivity contribution in [2.24, 2.45) is 5.41 Å². The number of carbonyl (C=O) groups excluding carboxylic acids is 1. The van der Waals surface area contributed by atoms with Crippen molar-refractivity contribution >= 4 is 12.1 Å². The summed E-state index contributed by atoms with van der Waals surface area (Å²) in [5.74, 6) is -0.961. The first kappa shape index (κ1) is 14.4. The van der Waals surface area contributed by atoms with Crippen LogP contribution in [0.3, 0.4) is 0 Å². The van der Waals surface area contributed by atoms with Gasteiger partial charge in [-0.3, -0.25) is 4.90 Å². The highest BCUT2D eigenvalue weighted by atomic mass is 19.3. The molecule has 1 aliphatic rings. The summed E-state index contributed by atoms with van der Waals surface area (Å²) in [6.45, 7) is 3.27. The summed E-state index contributed by atoms with van der Waals surface area (Å²) in [7, 11) is 1.05. The third-order valence-electron chi connectivity index (χ3n) is 3.30. The summed E-state index contributed by atoms with van der Waals surface area (Å²) in [4.78, 5) is 23.3. The predicted octanol–water partition coefficient (Wildman–Crippen LogP) is 1.74. The lowest BCUT2D eigenvalue weighted by Gasteiger charge is -2.33. The van der Waals surface area contributed by atoms with Crippen molar-refractivity contribution in [2.75, 3.05) is 13.7 Å². The molecule has 0 aromatic rings.